The average Bonchev–Trinajstić information content (AvgIpc) is 2.57. The molecule has 5 heteroatoms. The minimum atomic E-state index is -0.0133. The third-order valence-electron chi connectivity index (χ3n) is 4.59. The summed E-state index contributed by atoms with van der Waals surface area (Å²) in [4.78, 5) is 28.2. The van der Waals surface area contributed by atoms with Crippen LogP contribution in [0.3, 0.4) is 0 Å². The lowest BCUT2D eigenvalue weighted by atomic mass is 10.0. The third kappa shape index (κ3) is 5.76. The van der Waals surface area contributed by atoms with Crippen molar-refractivity contribution in [2.45, 2.75) is 60.0 Å². The zero-order valence-electron chi connectivity index (χ0n) is 16.7. The van der Waals surface area contributed by atoms with Crippen molar-refractivity contribution in [2.24, 2.45) is 5.92 Å². The Balaban J connectivity index is 3.22. The highest BCUT2D eigenvalue weighted by Gasteiger charge is 2.23. The molecule has 0 aliphatic carbocycles. The van der Waals surface area contributed by atoms with Gasteiger partial charge in [0.1, 0.15) is 0 Å². The number of nitrogens with zero attached hydrogens (tertiary/aromatic N) is 2. The molecule has 0 saturated carbocycles. The van der Waals surface area contributed by atoms with Gasteiger partial charge in [-0.2, -0.15) is 0 Å². The standard InChI is InChI=1S/C20H33N3O2/c1-8-19(24)21-17-10-11-18(22(6)7)16(12-17)13-23(20(25)9-2)15(5)14(3)4/h10-12,14-15H,8-9,13H2,1-7H3,(H,21,24). The van der Waals surface area contributed by atoms with Crippen molar-refractivity contribution in [1.29, 1.82) is 0 Å². The first-order valence-electron chi connectivity index (χ1n) is 9.10. The van der Waals surface area contributed by atoms with Crippen LogP contribution >= 0.6 is 0 Å². The molecule has 1 atom stereocenters. The van der Waals surface area contributed by atoms with E-state index >= 15 is 0 Å². The monoisotopic (exact) mass is 347 g/mol. The molecule has 0 aliphatic rings. The molecule has 0 spiro atoms. The van der Waals surface area contributed by atoms with Gasteiger partial charge in [0.15, 0.2) is 0 Å². The van der Waals surface area contributed by atoms with Gasteiger partial charge in [0.25, 0.3) is 0 Å². The summed E-state index contributed by atoms with van der Waals surface area (Å²) in [5.74, 6) is 0.510. The molecular weight excluding hydrogens is 314 g/mol. The first-order valence-corrected chi connectivity index (χ1v) is 9.10. The van der Waals surface area contributed by atoms with Crippen molar-refractivity contribution in [1.82, 2.24) is 4.90 Å². The highest BCUT2D eigenvalue weighted by atomic mass is 16.2. The molecule has 0 fully saturated rings. The van der Waals surface area contributed by atoms with Crippen LogP contribution in [0.5, 0.6) is 0 Å². The summed E-state index contributed by atoms with van der Waals surface area (Å²) in [6.07, 6.45) is 0.927. The Kier molecular flexibility index (Phi) is 7.94. The zero-order valence-corrected chi connectivity index (χ0v) is 16.7. The second kappa shape index (κ2) is 9.44. The van der Waals surface area contributed by atoms with Gasteiger partial charge in [-0.1, -0.05) is 27.7 Å². The molecule has 2 amide bonds. The summed E-state index contributed by atoms with van der Waals surface area (Å²) in [5, 5.41) is 2.91. The van der Waals surface area contributed by atoms with Crippen molar-refractivity contribution in [3.05, 3.63) is 23.8 Å². The Hall–Kier alpha value is -2.04. The molecule has 0 heterocycles. The normalized spacial score (nSPS) is 12.0. The summed E-state index contributed by atoms with van der Waals surface area (Å²) in [5.41, 5.74) is 2.86. The fourth-order valence-electron chi connectivity index (χ4n) is 2.68. The molecule has 5 nitrogen and oxygen atoms in total. The van der Waals surface area contributed by atoms with Gasteiger partial charge >= 0.3 is 0 Å². The van der Waals surface area contributed by atoms with Gasteiger partial charge < -0.3 is 15.1 Å². The largest absolute Gasteiger partial charge is 0.377 e. The van der Waals surface area contributed by atoms with Crippen LogP contribution in [0, 0.1) is 5.92 Å². The van der Waals surface area contributed by atoms with Gasteiger partial charge in [-0.25, -0.2) is 0 Å². The van der Waals surface area contributed by atoms with E-state index in [1.807, 2.05) is 55.9 Å². The number of rotatable bonds is 8. The van der Waals surface area contributed by atoms with Crippen LogP contribution in [0.15, 0.2) is 18.2 Å². The second-order valence-corrected chi connectivity index (χ2v) is 7.00. The molecule has 0 radical (unpaired) electrons. The van der Waals surface area contributed by atoms with Crippen LogP contribution in [0.4, 0.5) is 11.4 Å². The number of benzene rings is 1. The number of nitrogens with one attached hydrogen (secondary N) is 1. The van der Waals surface area contributed by atoms with Gasteiger partial charge in [0, 0.05) is 50.9 Å². The summed E-state index contributed by atoms with van der Waals surface area (Å²) >= 11 is 0. The lowest BCUT2D eigenvalue weighted by Gasteiger charge is -2.33. The SMILES string of the molecule is CCC(=O)Nc1ccc(N(C)C)c(CN(C(=O)CC)C(C)C(C)C)c1. The maximum Gasteiger partial charge on any atom is 0.224 e. The first-order chi connectivity index (χ1) is 11.7. The van der Waals surface area contributed by atoms with Gasteiger partial charge in [0.05, 0.1) is 0 Å². The zero-order chi connectivity index (χ0) is 19.1. The highest BCUT2D eigenvalue weighted by Crippen LogP contribution is 2.26. The fraction of sp³-hybridized carbons (Fsp3) is 0.600. The van der Waals surface area contributed by atoms with Crippen molar-refractivity contribution in [3.8, 4) is 0 Å². The van der Waals surface area contributed by atoms with Crippen molar-refractivity contribution in [3.63, 3.8) is 0 Å². The number of carbonyl (C=O) groups is 2. The molecule has 25 heavy (non-hydrogen) atoms. The summed E-state index contributed by atoms with van der Waals surface area (Å²) < 4.78 is 0. The van der Waals surface area contributed by atoms with E-state index in [9.17, 15) is 9.59 Å². The van der Waals surface area contributed by atoms with Crippen LogP contribution in [0.2, 0.25) is 0 Å². The van der Waals surface area contributed by atoms with Gasteiger partial charge in [0.2, 0.25) is 11.8 Å². The molecule has 0 saturated heterocycles. The first kappa shape index (κ1) is 21.0. The van der Waals surface area contributed by atoms with Crippen LogP contribution in [-0.2, 0) is 16.1 Å². The topological polar surface area (TPSA) is 52.7 Å². The predicted molar refractivity (Wildman–Crippen MR) is 105 cm³/mol. The molecule has 1 N–H and O–H groups in total. The molecule has 0 aromatic heterocycles. The van der Waals surface area contributed by atoms with Crippen LogP contribution in [0.25, 0.3) is 0 Å². The van der Waals surface area contributed by atoms with Gasteiger partial charge in [-0.05, 0) is 36.6 Å². The maximum absolute atomic E-state index is 12.5. The summed E-state index contributed by atoms with van der Waals surface area (Å²) in [6.45, 7) is 10.6. The Morgan fingerprint density at radius 1 is 1.08 bits per heavy atom. The minimum Gasteiger partial charge on any atom is -0.377 e. The maximum atomic E-state index is 12.5. The van der Waals surface area contributed by atoms with Crippen LogP contribution in [0.1, 0.15) is 53.0 Å². The predicted octanol–water partition coefficient (Wildman–Crippen LogP) is 3.88. The molecule has 1 aromatic carbocycles. The number of amides is 2. The Morgan fingerprint density at radius 3 is 2.20 bits per heavy atom. The highest BCUT2D eigenvalue weighted by molar-refractivity contribution is 5.91. The number of carbonyl (C=O) groups excluding carboxylic acids is 2. The van der Waals surface area contributed by atoms with Gasteiger partial charge in [-0.15, -0.1) is 0 Å². The average molecular weight is 348 g/mol. The number of hydrogen-bond acceptors (Lipinski definition) is 3. The second-order valence-electron chi connectivity index (χ2n) is 7.00. The van der Waals surface area contributed by atoms with E-state index in [1.54, 1.807) is 0 Å². The Morgan fingerprint density at radius 2 is 1.72 bits per heavy atom. The fourth-order valence-corrected chi connectivity index (χ4v) is 2.68. The van der Waals surface area contributed by atoms with Crippen LogP contribution < -0.4 is 10.2 Å². The Labute approximate surface area is 152 Å². The lowest BCUT2D eigenvalue weighted by Crippen LogP contribution is -2.40. The van der Waals surface area contributed by atoms with Crippen molar-refractivity contribution >= 4 is 23.2 Å². The molecule has 0 bridgehead atoms. The van der Waals surface area contributed by atoms with E-state index in [1.165, 1.54) is 0 Å². The molecule has 1 rings (SSSR count). The molecular formula is C20H33N3O2. The number of anilines is 2. The van der Waals surface area contributed by atoms with E-state index < -0.39 is 0 Å². The summed E-state index contributed by atoms with van der Waals surface area (Å²) in [6, 6.07) is 6.03. The van der Waals surface area contributed by atoms with E-state index in [4.69, 9.17) is 0 Å². The smallest absolute Gasteiger partial charge is 0.224 e. The van der Waals surface area contributed by atoms with Crippen molar-refractivity contribution in [2.75, 3.05) is 24.3 Å². The van der Waals surface area contributed by atoms with E-state index in [-0.39, 0.29) is 17.9 Å². The quantitative estimate of drug-likeness (QED) is 0.776. The van der Waals surface area contributed by atoms with E-state index in [0.29, 0.717) is 25.3 Å². The van der Waals surface area contributed by atoms with Gasteiger partial charge in [-0.3, -0.25) is 9.59 Å². The molecule has 1 unspecified atom stereocenters. The summed E-state index contributed by atoms with van der Waals surface area (Å²) in [7, 11) is 3.97. The van der Waals surface area contributed by atoms with E-state index in [2.05, 4.69) is 26.1 Å². The third-order valence-corrected chi connectivity index (χ3v) is 4.59. The molecule has 140 valence electrons. The number of hydrogen-bond donors (Lipinski definition) is 1. The van der Waals surface area contributed by atoms with Crippen LogP contribution in [-0.4, -0.2) is 36.9 Å². The molecule has 1 aromatic rings. The van der Waals surface area contributed by atoms with Crippen molar-refractivity contribution < 1.29 is 9.59 Å². The lowest BCUT2D eigenvalue weighted by molar-refractivity contribution is -0.134. The molecule has 0 aliphatic heterocycles. The Bertz CT molecular complexity index is 597. The minimum absolute atomic E-state index is 0.0133. The van der Waals surface area contributed by atoms with E-state index in [0.717, 1.165) is 16.9 Å².